The van der Waals surface area contributed by atoms with E-state index in [9.17, 15) is 22.0 Å². The number of rotatable bonds is 6. The number of amides is 1. The highest BCUT2D eigenvalue weighted by molar-refractivity contribution is 7.90. The number of nitrogens with zero attached hydrogens (tertiary/aromatic N) is 4. The van der Waals surface area contributed by atoms with Gasteiger partial charge in [0.05, 0.1) is 0 Å². The molecule has 0 radical (unpaired) electrons. The Morgan fingerprint density at radius 2 is 1.59 bits per heavy atom. The first-order valence-corrected chi connectivity index (χ1v) is 13.9. The van der Waals surface area contributed by atoms with E-state index in [0.29, 0.717) is 57.0 Å². The molecule has 1 unspecified atom stereocenters. The van der Waals surface area contributed by atoms with E-state index in [2.05, 4.69) is 14.9 Å². The fraction of sp³-hybridized carbons (Fsp3) is 0.346. The third-order valence-electron chi connectivity index (χ3n) is 6.78. The first kappa shape index (κ1) is 25.1. The van der Waals surface area contributed by atoms with E-state index >= 15 is 0 Å². The lowest BCUT2D eigenvalue weighted by Crippen LogP contribution is -2.47. The molecule has 0 spiro atoms. The number of hydrogen-bond donors (Lipinski definition) is 0. The molecule has 2 saturated heterocycles. The molecular weight excluding hydrogens is 502 g/mol. The average molecular weight is 529 g/mol. The second-order valence-electron chi connectivity index (χ2n) is 9.27. The summed E-state index contributed by atoms with van der Waals surface area (Å²) in [5, 5.41) is 0. The summed E-state index contributed by atoms with van der Waals surface area (Å²) in [4.78, 5) is 25.1. The highest BCUT2D eigenvalue weighted by Gasteiger charge is 2.39. The van der Waals surface area contributed by atoms with Crippen LogP contribution < -0.4 is 9.64 Å². The molecule has 2 aliphatic heterocycles. The van der Waals surface area contributed by atoms with Crippen molar-refractivity contribution in [3.8, 4) is 16.9 Å². The third-order valence-corrected chi connectivity index (χ3v) is 7.89. The van der Waals surface area contributed by atoms with Crippen molar-refractivity contribution in [3.63, 3.8) is 0 Å². The largest absolute Gasteiger partial charge is 0.477 e. The standard InChI is InChI=1S/C26H26F2N4O4S/c1-37(34,35)24-14-20(27)23(13-21(24)28)36-22-9-12-32(25(22)33)19-7-10-31(11-8-19)26-29-15-18(16-30-26)17-5-3-2-4-6-17/h2-6,13-16,19,22H,7-12H2,1H3. The van der Waals surface area contributed by atoms with Gasteiger partial charge < -0.3 is 14.5 Å². The lowest BCUT2D eigenvalue weighted by Gasteiger charge is -2.36. The topological polar surface area (TPSA) is 92.7 Å². The van der Waals surface area contributed by atoms with Gasteiger partial charge in [-0.05, 0) is 24.5 Å². The number of halogens is 2. The molecule has 194 valence electrons. The zero-order chi connectivity index (χ0) is 26.2. The van der Waals surface area contributed by atoms with Crippen LogP contribution in [-0.4, -0.2) is 67.2 Å². The van der Waals surface area contributed by atoms with E-state index in [1.54, 1.807) is 17.3 Å². The van der Waals surface area contributed by atoms with Gasteiger partial charge in [0.25, 0.3) is 5.91 Å². The fourth-order valence-electron chi connectivity index (χ4n) is 4.83. The molecule has 3 heterocycles. The molecule has 0 N–H and O–H groups in total. The Bertz CT molecular complexity index is 1400. The number of carbonyl (C=O) groups excluding carboxylic acids is 1. The normalized spacial score (nSPS) is 18.9. The zero-order valence-electron chi connectivity index (χ0n) is 20.2. The summed E-state index contributed by atoms with van der Waals surface area (Å²) in [6.07, 6.45) is 5.21. The number of likely N-dealkylation sites (tertiary alicyclic amines) is 1. The number of benzene rings is 2. The molecule has 11 heteroatoms. The SMILES string of the molecule is CS(=O)(=O)c1cc(F)c(OC2CCN(C3CCN(c4ncc(-c5ccccc5)cn4)CC3)C2=O)cc1F. The Labute approximate surface area is 213 Å². The van der Waals surface area contributed by atoms with Gasteiger partial charge in [0.15, 0.2) is 27.5 Å². The van der Waals surface area contributed by atoms with Gasteiger partial charge in [-0.2, -0.15) is 0 Å². The van der Waals surface area contributed by atoms with Crippen molar-refractivity contribution in [3.05, 3.63) is 66.5 Å². The quantitative estimate of drug-likeness (QED) is 0.484. The lowest BCUT2D eigenvalue weighted by atomic mass is 10.0. The molecular formula is C26H26F2N4O4S. The molecule has 5 rings (SSSR count). The summed E-state index contributed by atoms with van der Waals surface area (Å²) in [7, 11) is -3.93. The summed E-state index contributed by atoms with van der Waals surface area (Å²) in [5.74, 6) is -2.26. The molecule has 2 aliphatic rings. The number of anilines is 1. The van der Waals surface area contributed by atoms with Crippen molar-refractivity contribution in [2.24, 2.45) is 0 Å². The van der Waals surface area contributed by atoms with Crippen LogP contribution in [0.15, 0.2) is 59.8 Å². The minimum absolute atomic E-state index is 0.00450. The number of hydrogen-bond acceptors (Lipinski definition) is 7. The van der Waals surface area contributed by atoms with Crippen molar-refractivity contribution >= 4 is 21.7 Å². The van der Waals surface area contributed by atoms with Crippen molar-refractivity contribution in [1.82, 2.24) is 14.9 Å². The summed E-state index contributed by atoms with van der Waals surface area (Å²) >= 11 is 0. The molecule has 0 bridgehead atoms. The molecule has 2 aromatic carbocycles. The van der Waals surface area contributed by atoms with Crippen molar-refractivity contribution in [2.75, 3.05) is 30.8 Å². The molecule has 1 aromatic heterocycles. The minimum atomic E-state index is -3.93. The zero-order valence-corrected chi connectivity index (χ0v) is 21.0. The molecule has 2 fully saturated rings. The minimum Gasteiger partial charge on any atom is -0.477 e. The molecule has 3 aromatic rings. The van der Waals surface area contributed by atoms with Gasteiger partial charge >= 0.3 is 0 Å². The van der Waals surface area contributed by atoms with Crippen LogP contribution in [-0.2, 0) is 14.6 Å². The lowest BCUT2D eigenvalue weighted by molar-refractivity contribution is -0.135. The van der Waals surface area contributed by atoms with Gasteiger partial charge in [0.1, 0.15) is 10.7 Å². The summed E-state index contributed by atoms with van der Waals surface area (Å²) in [6.45, 7) is 1.80. The average Bonchev–Trinajstić information content (AvgIpc) is 3.26. The van der Waals surface area contributed by atoms with Crippen LogP contribution in [0.4, 0.5) is 14.7 Å². The molecule has 37 heavy (non-hydrogen) atoms. The van der Waals surface area contributed by atoms with Crippen molar-refractivity contribution in [2.45, 2.75) is 36.3 Å². The monoisotopic (exact) mass is 528 g/mol. The van der Waals surface area contributed by atoms with Crippen LogP contribution in [0.1, 0.15) is 19.3 Å². The number of aromatic nitrogens is 2. The van der Waals surface area contributed by atoms with E-state index in [1.807, 2.05) is 30.3 Å². The maximum atomic E-state index is 14.4. The predicted octanol–water partition coefficient (Wildman–Crippen LogP) is 3.47. The van der Waals surface area contributed by atoms with Gasteiger partial charge in [-0.25, -0.2) is 27.2 Å². The Kier molecular flexibility index (Phi) is 6.80. The van der Waals surface area contributed by atoms with E-state index in [0.717, 1.165) is 17.4 Å². The maximum absolute atomic E-state index is 14.4. The van der Waals surface area contributed by atoms with Crippen LogP contribution in [0, 0.1) is 11.6 Å². The number of piperidine rings is 1. The Balaban J connectivity index is 1.19. The second kappa shape index (κ2) is 10.0. The van der Waals surface area contributed by atoms with Gasteiger partial charge in [0, 0.05) is 62.4 Å². The van der Waals surface area contributed by atoms with Crippen LogP contribution in [0.3, 0.4) is 0 Å². The van der Waals surface area contributed by atoms with Gasteiger partial charge in [-0.3, -0.25) is 4.79 Å². The van der Waals surface area contributed by atoms with E-state index in [4.69, 9.17) is 4.74 Å². The van der Waals surface area contributed by atoms with Gasteiger partial charge in [-0.1, -0.05) is 30.3 Å². The first-order chi connectivity index (χ1) is 17.7. The highest BCUT2D eigenvalue weighted by Crippen LogP contribution is 2.30. The molecule has 1 atom stereocenters. The molecule has 0 aliphatic carbocycles. The first-order valence-electron chi connectivity index (χ1n) is 12.0. The van der Waals surface area contributed by atoms with Gasteiger partial charge in [0.2, 0.25) is 5.95 Å². The smallest absolute Gasteiger partial charge is 0.263 e. The van der Waals surface area contributed by atoms with Crippen molar-refractivity contribution < 1.29 is 26.7 Å². The molecule has 1 amide bonds. The van der Waals surface area contributed by atoms with E-state index in [-0.39, 0.29) is 11.9 Å². The number of carbonyl (C=O) groups is 1. The Hall–Kier alpha value is -3.60. The predicted molar refractivity (Wildman–Crippen MR) is 133 cm³/mol. The van der Waals surface area contributed by atoms with Crippen LogP contribution in [0.5, 0.6) is 5.75 Å². The van der Waals surface area contributed by atoms with Crippen LogP contribution in [0.2, 0.25) is 0 Å². The van der Waals surface area contributed by atoms with Crippen LogP contribution >= 0.6 is 0 Å². The summed E-state index contributed by atoms with van der Waals surface area (Å²) < 4.78 is 57.3. The fourth-order valence-corrected chi connectivity index (χ4v) is 5.56. The van der Waals surface area contributed by atoms with Crippen molar-refractivity contribution in [1.29, 1.82) is 0 Å². The molecule has 0 saturated carbocycles. The number of sulfone groups is 1. The maximum Gasteiger partial charge on any atom is 0.263 e. The summed E-state index contributed by atoms with van der Waals surface area (Å²) in [5.41, 5.74) is 1.99. The summed E-state index contributed by atoms with van der Waals surface area (Å²) in [6, 6.07) is 11.2. The van der Waals surface area contributed by atoms with Gasteiger partial charge in [-0.15, -0.1) is 0 Å². The third kappa shape index (κ3) is 5.27. The van der Waals surface area contributed by atoms with E-state index < -0.39 is 38.2 Å². The Morgan fingerprint density at radius 3 is 2.24 bits per heavy atom. The van der Waals surface area contributed by atoms with Crippen LogP contribution in [0.25, 0.3) is 11.1 Å². The molecule has 8 nitrogen and oxygen atoms in total. The second-order valence-corrected chi connectivity index (χ2v) is 11.3. The van der Waals surface area contributed by atoms with E-state index in [1.165, 1.54) is 0 Å². The Morgan fingerprint density at radius 1 is 0.919 bits per heavy atom. The highest BCUT2D eigenvalue weighted by atomic mass is 32.2. The number of ether oxygens (including phenoxy) is 1.